The van der Waals surface area contributed by atoms with Gasteiger partial charge >= 0.3 is 6.16 Å². The van der Waals surface area contributed by atoms with E-state index in [2.05, 4.69) is 13.0 Å². The first-order valence-corrected chi connectivity index (χ1v) is 11.8. The molecular weight excluding hydrogens is 391 g/mol. The first kappa shape index (κ1) is 23.3. The number of benzene rings is 2. The van der Waals surface area contributed by atoms with Crippen LogP contribution in [-0.2, 0) is 4.74 Å². The molecule has 1 aliphatic rings. The zero-order valence-electron chi connectivity index (χ0n) is 18.9. The third-order valence-corrected chi connectivity index (χ3v) is 6.36. The molecule has 168 valence electrons. The number of unbranched alkanes of at least 4 members (excludes halogenated alkanes) is 2. The first-order chi connectivity index (χ1) is 15.1. The highest BCUT2D eigenvalue weighted by Gasteiger charge is 2.22. The molecule has 2 aromatic rings. The van der Waals surface area contributed by atoms with Gasteiger partial charge in [0.15, 0.2) is 0 Å². The van der Waals surface area contributed by atoms with Gasteiger partial charge in [-0.25, -0.2) is 9.18 Å². The molecule has 1 fully saturated rings. The van der Waals surface area contributed by atoms with Crippen molar-refractivity contribution in [3.63, 3.8) is 0 Å². The summed E-state index contributed by atoms with van der Waals surface area (Å²) in [6, 6.07) is 12.5. The molecule has 1 saturated carbocycles. The maximum absolute atomic E-state index is 14.9. The minimum absolute atomic E-state index is 0.196. The molecule has 0 aliphatic heterocycles. The normalized spacial score (nSPS) is 18.5. The van der Waals surface area contributed by atoms with Gasteiger partial charge < -0.3 is 9.47 Å². The molecule has 2 aromatic carbocycles. The SMILES string of the molecule is CCCCOC(=O)Oc1ccc(-c2ccc([C@H]3CC[C@H](CCCC)CC3)cc2F)cc1. The number of carbonyl (C=O) groups excluding carboxylic acids is 1. The Labute approximate surface area is 186 Å². The zero-order valence-corrected chi connectivity index (χ0v) is 18.9. The monoisotopic (exact) mass is 426 g/mol. The fourth-order valence-electron chi connectivity index (χ4n) is 4.42. The summed E-state index contributed by atoms with van der Waals surface area (Å²) in [6.07, 6.45) is 9.82. The molecule has 0 unspecified atom stereocenters. The number of halogens is 1. The van der Waals surface area contributed by atoms with Gasteiger partial charge in [-0.05, 0) is 73.3 Å². The predicted octanol–water partition coefficient (Wildman–Crippen LogP) is 8.27. The lowest BCUT2D eigenvalue weighted by molar-refractivity contribution is 0.0978. The number of carbonyl (C=O) groups is 1. The van der Waals surface area contributed by atoms with Crippen molar-refractivity contribution in [2.24, 2.45) is 5.92 Å². The van der Waals surface area contributed by atoms with Crippen LogP contribution in [0.5, 0.6) is 5.75 Å². The topological polar surface area (TPSA) is 35.5 Å². The van der Waals surface area contributed by atoms with Crippen LogP contribution in [0.4, 0.5) is 9.18 Å². The predicted molar refractivity (Wildman–Crippen MR) is 123 cm³/mol. The van der Waals surface area contributed by atoms with Crippen molar-refractivity contribution in [2.75, 3.05) is 6.61 Å². The molecular formula is C27H35FO3. The van der Waals surface area contributed by atoms with E-state index in [9.17, 15) is 9.18 Å². The second-order valence-corrected chi connectivity index (χ2v) is 8.68. The van der Waals surface area contributed by atoms with E-state index in [0.717, 1.165) is 42.7 Å². The minimum atomic E-state index is -0.707. The van der Waals surface area contributed by atoms with Gasteiger partial charge in [0.1, 0.15) is 11.6 Å². The van der Waals surface area contributed by atoms with E-state index in [0.29, 0.717) is 23.8 Å². The van der Waals surface area contributed by atoms with Crippen molar-refractivity contribution >= 4 is 6.16 Å². The van der Waals surface area contributed by atoms with Gasteiger partial charge in [-0.15, -0.1) is 0 Å². The summed E-state index contributed by atoms with van der Waals surface area (Å²) < 4.78 is 25.1. The quantitative estimate of drug-likeness (QED) is 0.230. The highest BCUT2D eigenvalue weighted by Crippen LogP contribution is 2.38. The van der Waals surface area contributed by atoms with Gasteiger partial charge in [-0.1, -0.05) is 63.8 Å². The lowest BCUT2D eigenvalue weighted by Crippen LogP contribution is -2.13. The number of hydrogen-bond acceptors (Lipinski definition) is 3. The molecule has 3 rings (SSSR count). The van der Waals surface area contributed by atoms with Gasteiger partial charge in [0.2, 0.25) is 0 Å². The van der Waals surface area contributed by atoms with Crippen molar-refractivity contribution < 1.29 is 18.7 Å². The third-order valence-electron chi connectivity index (χ3n) is 6.36. The lowest BCUT2D eigenvalue weighted by Gasteiger charge is -2.29. The number of hydrogen-bond donors (Lipinski definition) is 0. The van der Waals surface area contributed by atoms with Gasteiger partial charge in [-0.3, -0.25) is 0 Å². The smallest absolute Gasteiger partial charge is 0.434 e. The zero-order chi connectivity index (χ0) is 22.1. The summed E-state index contributed by atoms with van der Waals surface area (Å²) in [6.45, 7) is 4.63. The standard InChI is InChI=1S/C27H35FO3/c1-3-5-7-20-8-10-21(11-9-20)23-14-17-25(26(28)19-23)22-12-15-24(16-13-22)31-27(29)30-18-6-4-2/h12-17,19-21H,3-11,18H2,1-2H3/t20-,21-. The number of ether oxygens (including phenoxy) is 2. The van der Waals surface area contributed by atoms with E-state index in [4.69, 9.17) is 9.47 Å². The average molecular weight is 427 g/mol. The Bertz CT molecular complexity index is 823. The van der Waals surface area contributed by atoms with Crippen LogP contribution in [0.25, 0.3) is 11.1 Å². The lowest BCUT2D eigenvalue weighted by atomic mass is 9.77. The Morgan fingerprint density at radius 3 is 2.32 bits per heavy atom. The van der Waals surface area contributed by atoms with E-state index in [1.165, 1.54) is 32.1 Å². The summed E-state index contributed by atoms with van der Waals surface area (Å²) >= 11 is 0. The number of rotatable bonds is 9. The molecule has 0 spiro atoms. The Hall–Kier alpha value is -2.36. The van der Waals surface area contributed by atoms with Crippen LogP contribution >= 0.6 is 0 Å². The van der Waals surface area contributed by atoms with Crippen LogP contribution in [0.1, 0.15) is 83.1 Å². The van der Waals surface area contributed by atoms with Gasteiger partial charge in [0.05, 0.1) is 6.61 Å². The van der Waals surface area contributed by atoms with Crippen LogP contribution in [0.2, 0.25) is 0 Å². The molecule has 0 heterocycles. The molecule has 1 aliphatic carbocycles. The summed E-state index contributed by atoms with van der Waals surface area (Å²) in [5.74, 6) is 1.52. The largest absolute Gasteiger partial charge is 0.513 e. The van der Waals surface area contributed by atoms with E-state index in [1.807, 2.05) is 13.0 Å². The third kappa shape index (κ3) is 6.81. The molecule has 0 saturated heterocycles. The Balaban J connectivity index is 1.58. The maximum atomic E-state index is 14.9. The van der Waals surface area contributed by atoms with Gasteiger partial charge in [0.25, 0.3) is 0 Å². The van der Waals surface area contributed by atoms with E-state index in [1.54, 1.807) is 30.3 Å². The molecule has 0 bridgehead atoms. The molecule has 0 aromatic heterocycles. The Morgan fingerprint density at radius 1 is 0.968 bits per heavy atom. The van der Waals surface area contributed by atoms with Crippen molar-refractivity contribution in [2.45, 2.75) is 77.6 Å². The Morgan fingerprint density at radius 2 is 1.68 bits per heavy atom. The summed E-state index contributed by atoms with van der Waals surface area (Å²) in [5.41, 5.74) is 2.45. The van der Waals surface area contributed by atoms with Crippen LogP contribution in [0.3, 0.4) is 0 Å². The average Bonchev–Trinajstić information content (AvgIpc) is 2.79. The van der Waals surface area contributed by atoms with Crippen LogP contribution < -0.4 is 4.74 Å². The van der Waals surface area contributed by atoms with E-state index < -0.39 is 6.16 Å². The molecule has 0 amide bonds. The first-order valence-electron chi connectivity index (χ1n) is 11.8. The molecule has 0 radical (unpaired) electrons. The van der Waals surface area contributed by atoms with Crippen molar-refractivity contribution in [3.05, 3.63) is 53.8 Å². The fraction of sp³-hybridized carbons (Fsp3) is 0.519. The summed E-state index contributed by atoms with van der Waals surface area (Å²) in [4.78, 5) is 11.7. The summed E-state index contributed by atoms with van der Waals surface area (Å²) in [5, 5.41) is 0. The van der Waals surface area contributed by atoms with E-state index in [-0.39, 0.29) is 5.82 Å². The van der Waals surface area contributed by atoms with Crippen molar-refractivity contribution in [1.29, 1.82) is 0 Å². The maximum Gasteiger partial charge on any atom is 0.513 e. The van der Waals surface area contributed by atoms with Crippen LogP contribution in [-0.4, -0.2) is 12.8 Å². The molecule has 4 heteroatoms. The van der Waals surface area contributed by atoms with Gasteiger partial charge in [-0.2, -0.15) is 0 Å². The fourth-order valence-corrected chi connectivity index (χ4v) is 4.42. The Kier molecular flexibility index (Phi) is 8.93. The summed E-state index contributed by atoms with van der Waals surface area (Å²) in [7, 11) is 0. The van der Waals surface area contributed by atoms with Crippen molar-refractivity contribution in [3.8, 4) is 16.9 Å². The van der Waals surface area contributed by atoms with Crippen LogP contribution in [0.15, 0.2) is 42.5 Å². The molecule has 31 heavy (non-hydrogen) atoms. The molecule has 0 N–H and O–H groups in total. The minimum Gasteiger partial charge on any atom is -0.434 e. The van der Waals surface area contributed by atoms with E-state index >= 15 is 0 Å². The highest BCUT2D eigenvalue weighted by atomic mass is 19.1. The molecule has 0 atom stereocenters. The second-order valence-electron chi connectivity index (χ2n) is 8.68. The molecule has 3 nitrogen and oxygen atoms in total. The van der Waals surface area contributed by atoms with Gasteiger partial charge in [0, 0.05) is 5.56 Å². The highest BCUT2D eigenvalue weighted by molar-refractivity contribution is 5.67. The van der Waals surface area contributed by atoms with Crippen molar-refractivity contribution in [1.82, 2.24) is 0 Å². The van der Waals surface area contributed by atoms with Crippen LogP contribution in [0, 0.1) is 11.7 Å². The second kappa shape index (κ2) is 11.9.